The number of hydrogen-bond acceptors (Lipinski definition) is 9. The highest BCUT2D eigenvalue weighted by molar-refractivity contribution is 7.91. The largest absolute Gasteiger partial charge is 0.506 e. The van der Waals surface area contributed by atoms with Gasteiger partial charge in [-0.2, -0.15) is 18.0 Å². The highest BCUT2D eigenvalue weighted by Crippen LogP contribution is 2.27. The summed E-state index contributed by atoms with van der Waals surface area (Å²) in [6.45, 7) is 0.624. The number of phenolic OH excluding ortho intramolecular Hbond substituents is 1. The topological polar surface area (TPSA) is 177 Å². The number of hydrogen-bond donors (Lipinski definition) is 5. The molecule has 0 saturated carbocycles. The first-order chi connectivity index (χ1) is 19.2. The van der Waals surface area contributed by atoms with Gasteiger partial charge in [0.1, 0.15) is 23.1 Å². The molecule has 0 atom stereocenters. The number of carbonyl (C=O) groups excluding carboxylic acids is 1. The van der Waals surface area contributed by atoms with E-state index in [1.165, 1.54) is 18.2 Å². The first kappa shape index (κ1) is 26.8. The number of para-hydroxylation sites is 1. The molecular weight excluding hydrogens is 558 g/mol. The predicted octanol–water partition coefficient (Wildman–Crippen LogP) is 4.06. The molecule has 2 aromatic carbocycles. The average molecular weight is 582 g/mol. The van der Waals surface area contributed by atoms with Gasteiger partial charge in [0, 0.05) is 18.7 Å². The molecule has 5 aromatic rings. The number of aromatic nitrogens is 3. The number of benzene rings is 2. The first-order valence-corrected chi connectivity index (χ1v) is 13.9. The number of nitrogens with one attached hydrogen (secondary N) is 3. The Morgan fingerprint density at radius 3 is 2.65 bits per heavy atom. The Balaban J connectivity index is 1.12. The van der Waals surface area contributed by atoms with Crippen LogP contribution in [0.2, 0.25) is 5.02 Å². The molecule has 0 aliphatic heterocycles. The summed E-state index contributed by atoms with van der Waals surface area (Å²) in [5, 5.41) is 17.5. The lowest BCUT2D eigenvalue weighted by Gasteiger charge is -2.11. The number of phenols is 1. The number of aryl methyl sites for hydroxylation is 1. The van der Waals surface area contributed by atoms with Crippen molar-refractivity contribution in [3.63, 3.8) is 0 Å². The van der Waals surface area contributed by atoms with Crippen molar-refractivity contribution in [1.82, 2.24) is 19.3 Å². The molecule has 40 heavy (non-hydrogen) atoms. The summed E-state index contributed by atoms with van der Waals surface area (Å²) in [7, 11) is -4.25. The van der Waals surface area contributed by atoms with Crippen molar-refractivity contribution in [3.8, 4) is 17.2 Å². The van der Waals surface area contributed by atoms with Gasteiger partial charge in [-0.3, -0.25) is 9.52 Å². The second kappa shape index (κ2) is 11.2. The van der Waals surface area contributed by atoms with Crippen LogP contribution < -0.4 is 20.5 Å². The average Bonchev–Trinajstić information content (AvgIpc) is 3.59. The van der Waals surface area contributed by atoms with Crippen molar-refractivity contribution in [2.75, 3.05) is 22.3 Å². The highest BCUT2D eigenvalue weighted by atomic mass is 35.5. The molecule has 0 fully saturated rings. The Morgan fingerprint density at radius 2 is 1.90 bits per heavy atom. The van der Waals surface area contributed by atoms with E-state index in [1.807, 2.05) is 10.8 Å². The Morgan fingerprint density at radius 1 is 1.10 bits per heavy atom. The Labute approximate surface area is 234 Å². The second-order valence-electron chi connectivity index (χ2n) is 8.74. The van der Waals surface area contributed by atoms with Gasteiger partial charge in [-0.25, -0.2) is 9.71 Å². The molecule has 1 amide bonds. The van der Waals surface area contributed by atoms with Crippen LogP contribution in [0.15, 0.2) is 77.4 Å². The second-order valence-corrected chi connectivity index (χ2v) is 10.6. The fourth-order valence-electron chi connectivity index (χ4n) is 3.94. The van der Waals surface area contributed by atoms with Crippen molar-refractivity contribution < 1.29 is 22.7 Å². The van der Waals surface area contributed by atoms with Crippen LogP contribution in [0.5, 0.6) is 5.75 Å². The Hall–Kier alpha value is -4.75. The molecule has 3 heterocycles. The van der Waals surface area contributed by atoms with Gasteiger partial charge in [-0.15, -0.1) is 0 Å². The zero-order valence-electron chi connectivity index (χ0n) is 20.8. The van der Waals surface area contributed by atoms with Crippen LogP contribution in [0.3, 0.4) is 0 Å². The molecule has 206 valence electrons. The summed E-state index contributed by atoms with van der Waals surface area (Å²) < 4.78 is 35.8. The van der Waals surface area contributed by atoms with Crippen LogP contribution in [0, 0.1) is 0 Å². The van der Waals surface area contributed by atoms with Gasteiger partial charge in [0.15, 0.2) is 11.4 Å². The van der Waals surface area contributed by atoms with E-state index >= 15 is 0 Å². The summed E-state index contributed by atoms with van der Waals surface area (Å²) in [6, 6.07) is 17.9. The van der Waals surface area contributed by atoms with Gasteiger partial charge >= 0.3 is 10.2 Å². The first-order valence-electron chi connectivity index (χ1n) is 12.0. The summed E-state index contributed by atoms with van der Waals surface area (Å²) in [4.78, 5) is 16.8. The Bertz CT molecular complexity index is 1770. The van der Waals surface area contributed by atoms with Crippen LogP contribution in [-0.2, 0) is 16.6 Å². The maximum atomic E-state index is 12.4. The number of fused-ring (bicyclic) bond motifs is 1. The van der Waals surface area contributed by atoms with Gasteiger partial charge < -0.3 is 20.6 Å². The van der Waals surface area contributed by atoms with E-state index in [9.17, 15) is 18.3 Å². The van der Waals surface area contributed by atoms with Crippen molar-refractivity contribution >= 4 is 50.7 Å². The number of nitrogens with two attached hydrogens (primary N) is 1. The van der Waals surface area contributed by atoms with E-state index in [1.54, 1.807) is 53.2 Å². The molecule has 0 radical (unpaired) electrons. The molecule has 6 N–H and O–H groups in total. The smallest absolute Gasteiger partial charge is 0.323 e. The minimum absolute atomic E-state index is 0.0664. The third-order valence-electron chi connectivity index (χ3n) is 5.84. The predicted molar refractivity (Wildman–Crippen MR) is 151 cm³/mol. The molecule has 0 aliphatic carbocycles. The van der Waals surface area contributed by atoms with Crippen LogP contribution >= 0.6 is 11.6 Å². The fraction of sp³-hybridized carbons (Fsp3) is 0.115. The van der Waals surface area contributed by atoms with Gasteiger partial charge in [0.2, 0.25) is 0 Å². The number of amides is 1. The third kappa shape index (κ3) is 6.11. The summed E-state index contributed by atoms with van der Waals surface area (Å²) in [6.07, 6.45) is 3.07. The molecule has 0 saturated heterocycles. The van der Waals surface area contributed by atoms with Crippen LogP contribution in [0.25, 0.3) is 17.1 Å². The molecule has 14 heteroatoms. The van der Waals surface area contributed by atoms with Gasteiger partial charge in [-0.05, 0) is 54.8 Å². The number of anilines is 3. The minimum Gasteiger partial charge on any atom is -0.506 e. The highest BCUT2D eigenvalue weighted by Gasteiger charge is 2.20. The normalized spacial score (nSPS) is 11.4. The fourth-order valence-corrected chi connectivity index (χ4v) is 4.96. The van der Waals surface area contributed by atoms with E-state index in [0.717, 1.165) is 18.4 Å². The lowest BCUT2D eigenvalue weighted by molar-refractivity contribution is 0.0979. The van der Waals surface area contributed by atoms with Crippen LogP contribution in [0.1, 0.15) is 22.3 Å². The molecular formula is C26H24ClN7O5S. The molecule has 0 unspecified atom stereocenters. The van der Waals surface area contributed by atoms with Gasteiger partial charge in [-0.1, -0.05) is 29.8 Å². The quantitative estimate of drug-likeness (QED) is 0.152. The molecule has 12 nitrogen and oxygen atoms in total. The molecule has 5 rings (SSSR count). The maximum Gasteiger partial charge on any atom is 0.323 e. The van der Waals surface area contributed by atoms with Crippen molar-refractivity contribution in [1.29, 1.82) is 0 Å². The van der Waals surface area contributed by atoms with Gasteiger partial charge in [0.25, 0.3) is 5.91 Å². The van der Waals surface area contributed by atoms with E-state index < -0.39 is 21.9 Å². The molecule has 0 spiro atoms. The number of aromatic hydroxyl groups is 1. The maximum absolute atomic E-state index is 12.4. The minimum atomic E-state index is -4.25. The zero-order valence-corrected chi connectivity index (χ0v) is 22.4. The van der Waals surface area contributed by atoms with E-state index in [4.69, 9.17) is 21.8 Å². The molecule has 0 aliphatic rings. The molecule has 0 bridgehead atoms. The van der Waals surface area contributed by atoms with Gasteiger partial charge in [0.05, 0.1) is 22.5 Å². The monoisotopic (exact) mass is 581 g/mol. The number of halogens is 1. The zero-order chi connectivity index (χ0) is 28.3. The number of carbonyl (C=O) groups is 1. The third-order valence-corrected chi connectivity index (χ3v) is 7.10. The summed E-state index contributed by atoms with van der Waals surface area (Å²) >= 11 is 5.78. The number of rotatable bonds is 10. The van der Waals surface area contributed by atoms with E-state index in [0.29, 0.717) is 35.3 Å². The summed E-state index contributed by atoms with van der Waals surface area (Å²) in [5.74, 6) is 0.160. The number of furan rings is 1. The van der Waals surface area contributed by atoms with Crippen molar-refractivity contribution in [2.24, 2.45) is 0 Å². The van der Waals surface area contributed by atoms with E-state index in [-0.39, 0.29) is 16.3 Å². The number of nitrogens with zero attached hydrogens (tertiary/aromatic N) is 3. The van der Waals surface area contributed by atoms with Crippen molar-refractivity contribution in [2.45, 2.75) is 12.8 Å². The lowest BCUT2D eigenvalue weighted by atomic mass is 10.1. The van der Waals surface area contributed by atoms with Crippen LogP contribution in [0.4, 0.5) is 17.3 Å². The van der Waals surface area contributed by atoms with Crippen molar-refractivity contribution in [3.05, 3.63) is 89.1 Å². The summed E-state index contributed by atoms with van der Waals surface area (Å²) in [5.41, 5.74) is 8.36. The lowest BCUT2D eigenvalue weighted by Crippen LogP contribution is -2.35. The van der Waals surface area contributed by atoms with E-state index in [2.05, 4.69) is 20.1 Å². The molecule has 3 aromatic heterocycles. The standard InChI is InChI=1S/C26H24ClN7O5S/c27-19-6-1-5-18(25(19)35)26(36)33-40(37,38)32-17-10-8-16(9-11-17)4-2-12-29-23-15-22(28)34-24(30-23)14-20(31-34)21-7-3-13-39-21/h1,3,5-11,13-15,32,35H,2,4,12,28H2,(H,29,30)(H,33,36). The Kier molecular flexibility index (Phi) is 7.49. The number of nitrogen functional groups attached to an aromatic ring is 1. The SMILES string of the molecule is Nc1cc(NCCCc2ccc(NS(=O)(=O)NC(=O)c3cccc(Cl)c3O)cc2)nc2cc(-c3ccco3)nn12. The van der Waals surface area contributed by atoms with Crippen LogP contribution in [-0.4, -0.2) is 40.6 Å².